The van der Waals surface area contributed by atoms with Gasteiger partial charge in [0.05, 0.1) is 5.01 Å². The number of hydrogen-bond donors (Lipinski definition) is 2. The van der Waals surface area contributed by atoms with Crippen LogP contribution in [0.25, 0.3) is 0 Å². The molecule has 2 heterocycles. The number of carbonyl (C=O) groups is 1. The van der Waals surface area contributed by atoms with Gasteiger partial charge in [-0.15, -0.1) is 11.3 Å². The van der Waals surface area contributed by atoms with Crippen LogP contribution in [0.2, 0.25) is 0 Å². The molecule has 5 heteroatoms. The standard InChI is InChI=1S/C12H17N3OS/c1-8-7-14-10(17-8)3-4-13-11(16)12-6-9(12)2-5-15-12/h7,9,15H,2-6H2,1H3,(H,13,16)/t9-,12+/m1/s1. The summed E-state index contributed by atoms with van der Waals surface area (Å²) in [6.07, 6.45) is 4.90. The van der Waals surface area contributed by atoms with E-state index in [1.165, 1.54) is 4.88 Å². The Hall–Kier alpha value is -0.940. The number of carbonyl (C=O) groups excluding carboxylic acids is 1. The Morgan fingerprint density at radius 2 is 2.65 bits per heavy atom. The number of thiazole rings is 1. The summed E-state index contributed by atoms with van der Waals surface area (Å²) in [4.78, 5) is 17.5. The van der Waals surface area contributed by atoms with E-state index in [9.17, 15) is 4.79 Å². The smallest absolute Gasteiger partial charge is 0.240 e. The second kappa shape index (κ2) is 4.07. The monoisotopic (exact) mass is 251 g/mol. The number of hydrogen-bond acceptors (Lipinski definition) is 4. The van der Waals surface area contributed by atoms with Gasteiger partial charge in [0.25, 0.3) is 0 Å². The summed E-state index contributed by atoms with van der Waals surface area (Å²) in [7, 11) is 0. The van der Waals surface area contributed by atoms with Crippen LogP contribution in [0.4, 0.5) is 0 Å². The van der Waals surface area contributed by atoms with Gasteiger partial charge in [-0.25, -0.2) is 4.98 Å². The molecule has 17 heavy (non-hydrogen) atoms. The van der Waals surface area contributed by atoms with E-state index in [0.29, 0.717) is 12.5 Å². The molecule has 0 unspecified atom stereocenters. The molecule has 4 nitrogen and oxygen atoms in total. The lowest BCUT2D eigenvalue weighted by Crippen LogP contribution is -2.45. The SMILES string of the molecule is Cc1cnc(CCNC(=O)[C@]23C[C@H]2CCN3)s1. The molecule has 1 saturated heterocycles. The first-order valence-corrected chi connectivity index (χ1v) is 6.97. The number of fused-ring (bicyclic) bond motifs is 1. The van der Waals surface area contributed by atoms with Gasteiger partial charge in [-0.1, -0.05) is 0 Å². The van der Waals surface area contributed by atoms with Crippen molar-refractivity contribution in [2.24, 2.45) is 5.92 Å². The zero-order valence-corrected chi connectivity index (χ0v) is 10.8. The van der Waals surface area contributed by atoms with E-state index in [4.69, 9.17) is 0 Å². The van der Waals surface area contributed by atoms with Gasteiger partial charge < -0.3 is 10.6 Å². The highest BCUT2D eigenvalue weighted by atomic mass is 32.1. The molecule has 1 saturated carbocycles. The highest BCUT2D eigenvalue weighted by Gasteiger charge is 2.62. The van der Waals surface area contributed by atoms with Gasteiger partial charge in [0, 0.05) is 24.0 Å². The third-order valence-electron chi connectivity index (χ3n) is 3.74. The van der Waals surface area contributed by atoms with Gasteiger partial charge in [0.2, 0.25) is 5.91 Å². The third-order valence-corrected chi connectivity index (χ3v) is 4.71. The van der Waals surface area contributed by atoms with Crippen molar-refractivity contribution < 1.29 is 4.79 Å². The van der Waals surface area contributed by atoms with Crippen molar-refractivity contribution >= 4 is 17.2 Å². The second-order valence-electron chi connectivity index (χ2n) is 4.96. The number of nitrogens with zero attached hydrogens (tertiary/aromatic N) is 1. The molecule has 2 atom stereocenters. The fourth-order valence-electron chi connectivity index (χ4n) is 2.68. The molecular formula is C12H17N3OS. The van der Waals surface area contributed by atoms with Crippen LogP contribution in [0.1, 0.15) is 22.7 Å². The third kappa shape index (κ3) is 1.98. The van der Waals surface area contributed by atoms with Gasteiger partial charge in [-0.3, -0.25) is 4.79 Å². The first-order chi connectivity index (χ1) is 8.21. The van der Waals surface area contributed by atoms with Crippen LogP contribution in [-0.2, 0) is 11.2 Å². The molecule has 0 radical (unpaired) electrons. The van der Waals surface area contributed by atoms with Gasteiger partial charge in [0.1, 0.15) is 5.54 Å². The van der Waals surface area contributed by atoms with Crippen LogP contribution in [0.3, 0.4) is 0 Å². The molecule has 3 rings (SSSR count). The van der Waals surface area contributed by atoms with Gasteiger partial charge in [0.15, 0.2) is 0 Å². The minimum absolute atomic E-state index is 0.188. The maximum atomic E-state index is 12.0. The zero-order valence-electron chi connectivity index (χ0n) is 9.95. The largest absolute Gasteiger partial charge is 0.354 e. The van der Waals surface area contributed by atoms with Crippen molar-refractivity contribution in [1.82, 2.24) is 15.6 Å². The first kappa shape index (κ1) is 11.2. The summed E-state index contributed by atoms with van der Waals surface area (Å²) in [5.41, 5.74) is -0.196. The Morgan fingerprint density at radius 1 is 1.76 bits per heavy atom. The average molecular weight is 251 g/mol. The van der Waals surface area contributed by atoms with E-state index >= 15 is 0 Å². The molecule has 2 aliphatic rings. The van der Waals surface area contributed by atoms with Crippen molar-refractivity contribution in [1.29, 1.82) is 0 Å². The van der Waals surface area contributed by atoms with E-state index in [1.807, 2.05) is 6.20 Å². The first-order valence-electron chi connectivity index (χ1n) is 6.15. The topological polar surface area (TPSA) is 54.0 Å². The lowest BCUT2D eigenvalue weighted by Gasteiger charge is -2.13. The molecular weight excluding hydrogens is 234 g/mol. The minimum Gasteiger partial charge on any atom is -0.354 e. The number of aromatic nitrogens is 1. The summed E-state index contributed by atoms with van der Waals surface area (Å²) in [5.74, 6) is 0.776. The molecule has 2 fully saturated rings. The minimum atomic E-state index is -0.196. The average Bonchev–Trinajstić information content (AvgIpc) is 2.68. The molecule has 1 aromatic rings. The quantitative estimate of drug-likeness (QED) is 0.834. The Bertz CT molecular complexity index is 445. The van der Waals surface area contributed by atoms with Crippen LogP contribution < -0.4 is 10.6 Å². The summed E-state index contributed by atoms with van der Waals surface area (Å²) >= 11 is 1.70. The molecule has 1 amide bonds. The number of nitrogens with one attached hydrogen (secondary N) is 2. The fourth-order valence-corrected chi connectivity index (χ4v) is 3.47. The summed E-state index contributed by atoms with van der Waals surface area (Å²) in [6, 6.07) is 0. The lowest BCUT2D eigenvalue weighted by molar-refractivity contribution is -0.124. The van der Waals surface area contributed by atoms with Crippen molar-refractivity contribution in [2.75, 3.05) is 13.1 Å². The van der Waals surface area contributed by atoms with Crippen LogP contribution in [0, 0.1) is 12.8 Å². The number of aryl methyl sites for hydroxylation is 1. The van der Waals surface area contributed by atoms with E-state index in [2.05, 4.69) is 22.5 Å². The molecule has 0 aromatic carbocycles. The molecule has 92 valence electrons. The maximum absolute atomic E-state index is 12.0. The van der Waals surface area contributed by atoms with E-state index < -0.39 is 0 Å². The highest BCUT2D eigenvalue weighted by Crippen LogP contribution is 2.49. The number of rotatable bonds is 4. The highest BCUT2D eigenvalue weighted by molar-refractivity contribution is 7.11. The fraction of sp³-hybridized carbons (Fsp3) is 0.667. The molecule has 2 N–H and O–H groups in total. The summed E-state index contributed by atoms with van der Waals surface area (Å²) in [5, 5.41) is 7.47. The maximum Gasteiger partial charge on any atom is 0.240 e. The van der Waals surface area contributed by atoms with Crippen LogP contribution in [0.15, 0.2) is 6.20 Å². The number of piperidine rings is 1. The summed E-state index contributed by atoms with van der Waals surface area (Å²) < 4.78 is 0. The van der Waals surface area contributed by atoms with E-state index in [-0.39, 0.29) is 11.4 Å². The van der Waals surface area contributed by atoms with Crippen molar-refractivity contribution in [3.05, 3.63) is 16.1 Å². The Morgan fingerprint density at radius 3 is 3.24 bits per heavy atom. The van der Waals surface area contributed by atoms with Crippen LogP contribution in [-0.4, -0.2) is 29.5 Å². The molecule has 1 aliphatic heterocycles. The van der Waals surface area contributed by atoms with Gasteiger partial charge in [-0.2, -0.15) is 0 Å². The van der Waals surface area contributed by atoms with E-state index in [0.717, 1.165) is 30.8 Å². The van der Waals surface area contributed by atoms with Gasteiger partial charge in [-0.05, 0) is 32.2 Å². The predicted octanol–water partition coefficient (Wildman–Crippen LogP) is 0.862. The summed E-state index contributed by atoms with van der Waals surface area (Å²) in [6.45, 7) is 3.74. The zero-order chi connectivity index (χ0) is 11.9. The van der Waals surface area contributed by atoms with E-state index in [1.54, 1.807) is 11.3 Å². The van der Waals surface area contributed by atoms with Crippen molar-refractivity contribution in [2.45, 2.75) is 31.7 Å². The number of amides is 1. The van der Waals surface area contributed by atoms with Crippen LogP contribution in [0.5, 0.6) is 0 Å². The molecule has 1 aromatic heterocycles. The molecule has 0 spiro atoms. The molecule has 1 aliphatic carbocycles. The Labute approximate surface area is 105 Å². The van der Waals surface area contributed by atoms with Crippen molar-refractivity contribution in [3.8, 4) is 0 Å². The van der Waals surface area contributed by atoms with Crippen LogP contribution >= 0.6 is 11.3 Å². The van der Waals surface area contributed by atoms with Gasteiger partial charge >= 0.3 is 0 Å². The van der Waals surface area contributed by atoms with Crippen molar-refractivity contribution in [3.63, 3.8) is 0 Å². The Balaban J connectivity index is 1.47. The Kier molecular flexibility index (Phi) is 2.67. The second-order valence-corrected chi connectivity index (χ2v) is 6.28. The predicted molar refractivity (Wildman–Crippen MR) is 67.0 cm³/mol. The normalized spacial score (nSPS) is 30.1. The lowest BCUT2D eigenvalue weighted by atomic mass is 10.2. The molecule has 0 bridgehead atoms.